The highest BCUT2D eigenvalue weighted by molar-refractivity contribution is 9.10. The molecule has 2 bridgehead atoms. The van der Waals surface area contributed by atoms with Gasteiger partial charge in [-0.15, -0.1) is 0 Å². The quantitative estimate of drug-likeness (QED) is 0.878. The van der Waals surface area contributed by atoms with Crippen LogP contribution in [0.3, 0.4) is 0 Å². The molecule has 2 aliphatic rings. The summed E-state index contributed by atoms with van der Waals surface area (Å²) in [6, 6.07) is 8.59. The highest BCUT2D eigenvalue weighted by Gasteiger charge is 2.38. The molecule has 2 fully saturated rings. The molecule has 5 nitrogen and oxygen atoms in total. The van der Waals surface area contributed by atoms with E-state index in [-0.39, 0.29) is 5.91 Å². The van der Waals surface area contributed by atoms with Gasteiger partial charge < -0.3 is 10.2 Å². The molecule has 1 amide bonds. The van der Waals surface area contributed by atoms with E-state index in [0.29, 0.717) is 17.6 Å². The normalized spacial score (nSPS) is 23.8. The average molecular weight is 375 g/mol. The van der Waals surface area contributed by atoms with Gasteiger partial charge in [0.1, 0.15) is 0 Å². The Morgan fingerprint density at radius 3 is 3.00 bits per heavy atom. The summed E-state index contributed by atoms with van der Waals surface area (Å²) in [6.07, 6.45) is 6.78. The molecule has 4 rings (SSSR count). The van der Waals surface area contributed by atoms with Crippen LogP contribution in [0, 0.1) is 0 Å². The largest absolute Gasteiger partial charge is 0.331 e. The summed E-state index contributed by atoms with van der Waals surface area (Å²) in [6.45, 7) is 1.91. The van der Waals surface area contributed by atoms with Crippen molar-refractivity contribution in [2.75, 3.05) is 13.1 Å². The molecule has 1 N–H and O–H groups in total. The minimum Gasteiger partial charge on any atom is -0.331 e. The van der Waals surface area contributed by atoms with E-state index in [1.165, 1.54) is 0 Å². The number of rotatable bonds is 2. The fourth-order valence-electron chi connectivity index (χ4n) is 3.66. The number of benzene rings is 1. The number of nitrogens with one attached hydrogen (secondary N) is 1. The van der Waals surface area contributed by atoms with Crippen LogP contribution in [0.25, 0.3) is 5.69 Å². The molecule has 120 valence electrons. The lowest BCUT2D eigenvalue weighted by molar-refractivity contribution is 0.0680. The Hall–Kier alpha value is -1.66. The molecule has 1 aromatic carbocycles. The maximum Gasteiger partial charge on any atom is 0.257 e. The molecule has 0 aliphatic carbocycles. The van der Waals surface area contributed by atoms with E-state index in [2.05, 4.69) is 31.2 Å². The lowest BCUT2D eigenvalue weighted by Crippen LogP contribution is -2.42. The first-order chi connectivity index (χ1) is 11.2. The van der Waals surface area contributed by atoms with Crippen LogP contribution in [0.5, 0.6) is 0 Å². The SMILES string of the molecule is O=C(c1cnn(-c2cccc(Br)c2)c1)N1C2CCNCC1CC2. The molecule has 0 spiro atoms. The van der Waals surface area contributed by atoms with E-state index in [4.69, 9.17) is 0 Å². The predicted octanol–water partition coefficient (Wildman–Crippen LogP) is 2.60. The van der Waals surface area contributed by atoms with Gasteiger partial charge in [0.25, 0.3) is 5.91 Å². The Labute approximate surface area is 143 Å². The molecular weight excluding hydrogens is 356 g/mol. The fourth-order valence-corrected chi connectivity index (χ4v) is 4.04. The van der Waals surface area contributed by atoms with Gasteiger partial charge in [-0.05, 0) is 44.0 Å². The smallest absolute Gasteiger partial charge is 0.257 e. The van der Waals surface area contributed by atoms with Crippen LogP contribution >= 0.6 is 15.9 Å². The summed E-state index contributed by atoms with van der Waals surface area (Å²) in [7, 11) is 0. The van der Waals surface area contributed by atoms with Crippen molar-refractivity contribution in [2.45, 2.75) is 31.3 Å². The van der Waals surface area contributed by atoms with Gasteiger partial charge in [0.15, 0.2) is 0 Å². The van der Waals surface area contributed by atoms with E-state index in [0.717, 1.165) is 42.5 Å². The zero-order valence-electron chi connectivity index (χ0n) is 12.8. The number of hydrogen-bond donors (Lipinski definition) is 1. The molecule has 2 saturated heterocycles. The van der Waals surface area contributed by atoms with Gasteiger partial charge in [0.2, 0.25) is 0 Å². The third-order valence-electron chi connectivity index (χ3n) is 4.79. The summed E-state index contributed by atoms with van der Waals surface area (Å²) in [5.74, 6) is 0.113. The maximum atomic E-state index is 13.0. The van der Waals surface area contributed by atoms with Gasteiger partial charge in [0.05, 0.1) is 17.4 Å². The van der Waals surface area contributed by atoms with E-state index >= 15 is 0 Å². The zero-order chi connectivity index (χ0) is 15.8. The van der Waals surface area contributed by atoms with Crippen molar-refractivity contribution < 1.29 is 4.79 Å². The summed E-state index contributed by atoms with van der Waals surface area (Å²) >= 11 is 3.47. The molecule has 2 unspecified atom stereocenters. The van der Waals surface area contributed by atoms with E-state index in [1.54, 1.807) is 10.9 Å². The Kier molecular flexibility index (Phi) is 3.95. The minimum atomic E-state index is 0.113. The molecule has 2 aromatic rings. The Morgan fingerprint density at radius 1 is 1.26 bits per heavy atom. The van der Waals surface area contributed by atoms with Crippen molar-refractivity contribution in [1.29, 1.82) is 0 Å². The lowest BCUT2D eigenvalue weighted by atomic mass is 10.1. The standard InChI is InChI=1S/C17H19BrN4O/c18-13-2-1-3-15(8-13)21-11-12(9-20-21)17(23)22-14-4-5-16(22)10-19-7-6-14/h1-3,8-9,11,14,16,19H,4-7,10H2. The van der Waals surface area contributed by atoms with Gasteiger partial charge in [-0.25, -0.2) is 4.68 Å². The van der Waals surface area contributed by atoms with Crippen molar-refractivity contribution >= 4 is 21.8 Å². The first kappa shape index (κ1) is 14.9. The molecule has 23 heavy (non-hydrogen) atoms. The zero-order valence-corrected chi connectivity index (χ0v) is 14.4. The van der Waals surface area contributed by atoms with Gasteiger partial charge in [-0.3, -0.25) is 4.79 Å². The number of halogens is 1. The van der Waals surface area contributed by atoms with Crippen LogP contribution in [0.2, 0.25) is 0 Å². The number of carbonyl (C=O) groups excluding carboxylic acids is 1. The van der Waals surface area contributed by atoms with Crippen molar-refractivity contribution in [1.82, 2.24) is 20.0 Å². The molecule has 1 aromatic heterocycles. The van der Waals surface area contributed by atoms with Crippen LogP contribution in [-0.2, 0) is 0 Å². The third-order valence-corrected chi connectivity index (χ3v) is 5.28. The summed E-state index contributed by atoms with van der Waals surface area (Å²) in [4.78, 5) is 15.0. The Balaban J connectivity index is 1.60. The minimum absolute atomic E-state index is 0.113. The third kappa shape index (κ3) is 2.81. The molecule has 6 heteroatoms. The highest BCUT2D eigenvalue weighted by atomic mass is 79.9. The van der Waals surface area contributed by atoms with Crippen molar-refractivity contribution in [3.8, 4) is 5.69 Å². The molecule has 3 heterocycles. The second-order valence-electron chi connectivity index (χ2n) is 6.24. The van der Waals surface area contributed by atoms with Crippen LogP contribution in [-0.4, -0.2) is 45.8 Å². The van der Waals surface area contributed by atoms with Crippen molar-refractivity contribution in [3.05, 3.63) is 46.7 Å². The first-order valence-electron chi connectivity index (χ1n) is 8.06. The average Bonchev–Trinajstić information content (AvgIpc) is 3.11. The van der Waals surface area contributed by atoms with E-state index in [1.807, 2.05) is 30.5 Å². The topological polar surface area (TPSA) is 50.2 Å². The number of nitrogens with zero attached hydrogens (tertiary/aromatic N) is 3. The van der Waals surface area contributed by atoms with Gasteiger partial charge in [0, 0.05) is 29.3 Å². The van der Waals surface area contributed by atoms with Crippen molar-refractivity contribution in [3.63, 3.8) is 0 Å². The summed E-state index contributed by atoms with van der Waals surface area (Å²) in [5.41, 5.74) is 1.61. The number of fused-ring (bicyclic) bond motifs is 2. The van der Waals surface area contributed by atoms with Gasteiger partial charge >= 0.3 is 0 Å². The Morgan fingerprint density at radius 2 is 2.13 bits per heavy atom. The molecule has 0 radical (unpaired) electrons. The predicted molar refractivity (Wildman–Crippen MR) is 91.7 cm³/mol. The molecule has 2 atom stereocenters. The first-order valence-corrected chi connectivity index (χ1v) is 8.85. The Bertz CT molecular complexity index is 715. The second kappa shape index (κ2) is 6.09. The van der Waals surface area contributed by atoms with E-state index in [9.17, 15) is 4.79 Å². The number of aromatic nitrogens is 2. The molecule has 0 saturated carbocycles. The van der Waals surface area contributed by atoms with Gasteiger partial charge in [-0.1, -0.05) is 22.0 Å². The fraction of sp³-hybridized carbons (Fsp3) is 0.412. The monoisotopic (exact) mass is 374 g/mol. The summed E-state index contributed by atoms with van der Waals surface area (Å²) < 4.78 is 2.76. The van der Waals surface area contributed by atoms with E-state index < -0.39 is 0 Å². The number of amides is 1. The molecular formula is C17H19BrN4O. The highest BCUT2D eigenvalue weighted by Crippen LogP contribution is 2.29. The lowest BCUT2D eigenvalue weighted by Gasteiger charge is -2.27. The number of carbonyl (C=O) groups is 1. The number of hydrogen-bond acceptors (Lipinski definition) is 3. The maximum absolute atomic E-state index is 13.0. The second-order valence-corrected chi connectivity index (χ2v) is 7.16. The van der Waals surface area contributed by atoms with Crippen LogP contribution in [0.4, 0.5) is 0 Å². The van der Waals surface area contributed by atoms with Gasteiger partial charge in [-0.2, -0.15) is 5.10 Å². The van der Waals surface area contributed by atoms with Crippen molar-refractivity contribution in [2.24, 2.45) is 0 Å². The molecule has 2 aliphatic heterocycles. The van der Waals surface area contributed by atoms with Crippen LogP contribution in [0.1, 0.15) is 29.6 Å². The van der Waals surface area contributed by atoms with Crippen LogP contribution in [0.15, 0.2) is 41.1 Å². The van der Waals surface area contributed by atoms with Crippen LogP contribution < -0.4 is 5.32 Å². The summed E-state index contributed by atoms with van der Waals surface area (Å²) in [5, 5.41) is 7.80.